The Labute approximate surface area is 76.4 Å². The Morgan fingerprint density at radius 1 is 1.31 bits per heavy atom. The number of Topliss-reactive ketones (excluding diaryl/α,β-unsaturated/α-hetero) is 1. The first kappa shape index (κ1) is 8.48. The Kier molecular flexibility index (Phi) is 1.94. The van der Waals surface area contributed by atoms with Crippen LogP contribution in [-0.2, 0) is 9.59 Å². The molecule has 1 unspecified atom stereocenters. The smallest absolute Gasteiger partial charge is 0.314 e. The summed E-state index contributed by atoms with van der Waals surface area (Å²) in [5.41, 5.74) is 2.47. The number of carboxylic acids is 1. The average Bonchev–Trinajstić information content (AvgIpc) is 2.48. The van der Waals surface area contributed by atoms with Crippen LogP contribution in [0.25, 0.3) is 0 Å². The van der Waals surface area contributed by atoms with E-state index in [4.69, 9.17) is 5.11 Å². The third-order valence-electron chi connectivity index (χ3n) is 2.98. The van der Waals surface area contributed by atoms with Crippen molar-refractivity contribution in [1.29, 1.82) is 0 Å². The molecule has 0 heterocycles. The van der Waals surface area contributed by atoms with E-state index in [1.54, 1.807) is 0 Å². The van der Waals surface area contributed by atoms with E-state index in [2.05, 4.69) is 0 Å². The van der Waals surface area contributed by atoms with Gasteiger partial charge in [0.2, 0.25) is 0 Å². The van der Waals surface area contributed by atoms with Gasteiger partial charge < -0.3 is 5.11 Å². The number of carbonyl (C=O) groups is 2. The lowest BCUT2D eigenvalue weighted by Gasteiger charge is -2.19. The summed E-state index contributed by atoms with van der Waals surface area (Å²) in [6.45, 7) is 0. The summed E-state index contributed by atoms with van der Waals surface area (Å²) in [5.74, 6) is -1.81. The zero-order valence-electron chi connectivity index (χ0n) is 7.38. The Morgan fingerprint density at radius 2 is 2.00 bits per heavy atom. The molecule has 13 heavy (non-hydrogen) atoms. The standard InChI is InChI=1S/C10H12O3/c11-9-5-7-3-1-2-6(7)4-8(9)10(12)13/h8H,1-5H2,(H,12,13). The van der Waals surface area contributed by atoms with Crippen molar-refractivity contribution in [2.45, 2.75) is 32.1 Å². The van der Waals surface area contributed by atoms with Gasteiger partial charge in [-0.05, 0) is 25.7 Å². The van der Waals surface area contributed by atoms with Crippen molar-refractivity contribution in [3.05, 3.63) is 11.1 Å². The minimum atomic E-state index is -0.955. The van der Waals surface area contributed by atoms with E-state index < -0.39 is 11.9 Å². The molecule has 0 aromatic carbocycles. The minimum Gasteiger partial charge on any atom is -0.481 e. The summed E-state index contributed by atoms with van der Waals surface area (Å²) in [6, 6.07) is 0. The van der Waals surface area contributed by atoms with Crippen LogP contribution >= 0.6 is 0 Å². The van der Waals surface area contributed by atoms with Crippen molar-refractivity contribution in [1.82, 2.24) is 0 Å². The third kappa shape index (κ3) is 1.39. The molecule has 0 fully saturated rings. The van der Waals surface area contributed by atoms with Crippen molar-refractivity contribution in [2.75, 3.05) is 0 Å². The number of carboxylic acid groups (broad SMARTS) is 1. The molecule has 3 nitrogen and oxygen atoms in total. The second-order valence-electron chi connectivity index (χ2n) is 3.80. The maximum atomic E-state index is 11.4. The molecular weight excluding hydrogens is 168 g/mol. The molecule has 2 rings (SSSR count). The SMILES string of the molecule is O=C(O)C1CC2=C(CCC2)CC1=O. The van der Waals surface area contributed by atoms with Crippen LogP contribution in [0.1, 0.15) is 32.1 Å². The molecule has 0 radical (unpaired) electrons. The van der Waals surface area contributed by atoms with Crippen molar-refractivity contribution < 1.29 is 14.7 Å². The van der Waals surface area contributed by atoms with E-state index >= 15 is 0 Å². The second kappa shape index (κ2) is 2.98. The molecule has 0 aromatic heterocycles. The Balaban J connectivity index is 2.21. The van der Waals surface area contributed by atoms with Crippen molar-refractivity contribution in [3.63, 3.8) is 0 Å². The first-order valence-corrected chi connectivity index (χ1v) is 4.64. The number of carbonyl (C=O) groups excluding carboxylic acids is 1. The molecule has 0 amide bonds. The van der Waals surface area contributed by atoms with Gasteiger partial charge in [-0.2, -0.15) is 0 Å². The molecule has 1 N–H and O–H groups in total. The van der Waals surface area contributed by atoms with Crippen LogP contribution in [0.15, 0.2) is 11.1 Å². The molecule has 0 aromatic rings. The Bertz CT molecular complexity index is 301. The highest BCUT2D eigenvalue weighted by atomic mass is 16.4. The lowest BCUT2D eigenvalue weighted by molar-refractivity contribution is -0.146. The first-order valence-electron chi connectivity index (χ1n) is 4.64. The van der Waals surface area contributed by atoms with E-state index in [-0.39, 0.29) is 5.78 Å². The maximum absolute atomic E-state index is 11.4. The average molecular weight is 180 g/mol. The van der Waals surface area contributed by atoms with Gasteiger partial charge in [0.1, 0.15) is 5.92 Å². The van der Waals surface area contributed by atoms with Crippen LogP contribution < -0.4 is 0 Å². The largest absolute Gasteiger partial charge is 0.481 e. The van der Waals surface area contributed by atoms with Gasteiger partial charge >= 0.3 is 5.97 Å². The molecule has 0 spiro atoms. The summed E-state index contributed by atoms with van der Waals surface area (Å²) >= 11 is 0. The van der Waals surface area contributed by atoms with Crippen molar-refractivity contribution in [2.24, 2.45) is 5.92 Å². The van der Waals surface area contributed by atoms with E-state index in [1.165, 1.54) is 11.1 Å². The molecule has 70 valence electrons. The van der Waals surface area contributed by atoms with E-state index in [9.17, 15) is 9.59 Å². The van der Waals surface area contributed by atoms with Gasteiger partial charge in [0, 0.05) is 6.42 Å². The maximum Gasteiger partial charge on any atom is 0.314 e. The normalized spacial score (nSPS) is 27.7. The highest BCUT2D eigenvalue weighted by Crippen LogP contribution is 2.37. The predicted molar refractivity (Wildman–Crippen MR) is 46.2 cm³/mol. The van der Waals surface area contributed by atoms with Crippen LogP contribution in [0.3, 0.4) is 0 Å². The van der Waals surface area contributed by atoms with Crippen molar-refractivity contribution >= 4 is 11.8 Å². The summed E-state index contributed by atoms with van der Waals surface area (Å²) in [5, 5.41) is 8.79. The molecular formula is C10H12O3. The number of aliphatic carboxylic acids is 1. The number of rotatable bonds is 1. The Hall–Kier alpha value is -1.12. The van der Waals surface area contributed by atoms with Crippen molar-refractivity contribution in [3.8, 4) is 0 Å². The van der Waals surface area contributed by atoms with E-state index in [0.717, 1.165) is 19.3 Å². The molecule has 3 heteroatoms. The number of allylic oxidation sites excluding steroid dienone is 2. The first-order chi connectivity index (χ1) is 6.18. The highest BCUT2D eigenvalue weighted by Gasteiger charge is 2.34. The van der Waals surface area contributed by atoms with Crippen LogP contribution in [0.4, 0.5) is 0 Å². The van der Waals surface area contributed by atoms with Crippen LogP contribution in [0.2, 0.25) is 0 Å². The fraction of sp³-hybridized carbons (Fsp3) is 0.600. The molecule has 0 saturated carbocycles. The molecule has 2 aliphatic carbocycles. The fourth-order valence-corrected chi connectivity index (χ4v) is 2.25. The highest BCUT2D eigenvalue weighted by molar-refractivity contribution is 6.00. The van der Waals surface area contributed by atoms with E-state index in [0.29, 0.717) is 12.8 Å². The van der Waals surface area contributed by atoms with E-state index in [1.807, 2.05) is 0 Å². The zero-order chi connectivity index (χ0) is 9.42. The topological polar surface area (TPSA) is 54.4 Å². The zero-order valence-corrected chi connectivity index (χ0v) is 7.38. The number of hydrogen-bond donors (Lipinski definition) is 1. The van der Waals surface area contributed by atoms with Gasteiger partial charge in [-0.15, -0.1) is 0 Å². The summed E-state index contributed by atoms with van der Waals surface area (Å²) in [7, 11) is 0. The molecule has 0 aliphatic heterocycles. The monoisotopic (exact) mass is 180 g/mol. The summed E-state index contributed by atoms with van der Waals surface area (Å²) in [4.78, 5) is 22.1. The lowest BCUT2D eigenvalue weighted by atomic mass is 9.84. The van der Waals surface area contributed by atoms with Gasteiger partial charge in [-0.1, -0.05) is 11.1 Å². The van der Waals surface area contributed by atoms with Gasteiger partial charge in [0.15, 0.2) is 5.78 Å². The lowest BCUT2D eigenvalue weighted by Crippen LogP contribution is -2.27. The summed E-state index contributed by atoms with van der Waals surface area (Å²) < 4.78 is 0. The third-order valence-corrected chi connectivity index (χ3v) is 2.98. The van der Waals surface area contributed by atoms with Crippen LogP contribution in [0.5, 0.6) is 0 Å². The van der Waals surface area contributed by atoms with Crippen LogP contribution in [0, 0.1) is 5.92 Å². The molecule has 0 bridgehead atoms. The number of ketones is 1. The molecule has 0 saturated heterocycles. The van der Waals surface area contributed by atoms with Gasteiger partial charge in [-0.3, -0.25) is 9.59 Å². The molecule has 1 atom stereocenters. The van der Waals surface area contributed by atoms with Gasteiger partial charge in [0.25, 0.3) is 0 Å². The van der Waals surface area contributed by atoms with Crippen LogP contribution in [-0.4, -0.2) is 16.9 Å². The quantitative estimate of drug-likeness (QED) is 0.491. The molecule has 2 aliphatic rings. The summed E-state index contributed by atoms with van der Waals surface area (Å²) in [6.07, 6.45) is 3.99. The van der Waals surface area contributed by atoms with Gasteiger partial charge in [-0.25, -0.2) is 0 Å². The second-order valence-corrected chi connectivity index (χ2v) is 3.80. The number of hydrogen-bond acceptors (Lipinski definition) is 2. The van der Waals surface area contributed by atoms with Gasteiger partial charge in [0.05, 0.1) is 0 Å². The predicted octanol–water partition coefficient (Wildman–Crippen LogP) is 1.53. The minimum absolute atomic E-state index is 0.104. The fourth-order valence-electron chi connectivity index (χ4n) is 2.25. The Morgan fingerprint density at radius 3 is 2.69 bits per heavy atom.